The highest BCUT2D eigenvalue weighted by molar-refractivity contribution is 5.76. The van der Waals surface area contributed by atoms with Crippen molar-refractivity contribution in [3.63, 3.8) is 0 Å². The summed E-state index contributed by atoms with van der Waals surface area (Å²) < 4.78 is 0. The van der Waals surface area contributed by atoms with Crippen LogP contribution >= 0.6 is 0 Å². The van der Waals surface area contributed by atoms with Gasteiger partial charge in [0.15, 0.2) is 0 Å². The van der Waals surface area contributed by atoms with Gasteiger partial charge in [-0.05, 0) is 70.6 Å². The van der Waals surface area contributed by atoms with Crippen molar-refractivity contribution < 1.29 is 20.1 Å². The Balaban J connectivity index is 3.70. The second kappa shape index (κ2) is 47.0. The fraction of sp³-hybridized carbons (Fsp3) is 0.827. The summed E-state index contributed by atoms with van der Waals surface area (Å²) in [5.41, 5.74) is 0. The summed E-state index contributed by atoms with van der Waals surface area (Å²) >= 11 is 0. The van der Waals surface area contributed by atoms with Gasteiger partial charge in [0.2, 0.25) is 5.91 Å². The molecule has 0 aromatic heterocycles. The van der Waals surface area contributed by atoms with Crippen molar-refractivity contribution in [2.75, 3.05) is 6.61 Å². The zero-order valence-corrected chi connectivity index (χ0v) is 38.0. The van der Waals surface area contributed by atoms with Gasteiger partial charge < -0.3 is 20.6 Å². The van der Waals surface area contributed by atoms with Gasteiger partial charge in [0.25, 0.3) is 0 Å². The predicted molar refractivity (Wildman–Crippen MR) is 250 cm³/mol. The van der Waals surface area contributed by atoms with E-state index in [2.05, 4.69) is 55.6 Å². The molecular formula is C52H97NO4. The minimum atomic E-state index is -0.963. The molecule has 0 heterocycles. The third-order valence-corrected chi connectivity index (χ3v) is 11.3. The SMILES string of the molecule is CCCCCCCCCCCC/C=C/CC/C=C/CC/C=C/C(O)C(CO)NC(=O)CC(O)CCCCCCCC/C=C\CCCCCCCCCCCCCC. The second-order valence-electron chi connectivity index (χ2n) is 17.0. The van der Waals surface area contributed by atoms with E-state index in [0.29, 0.717) is 6.42 Å². The quantitative estimate of drug-likeness (QED) is 0.0365. The number of hydrogen-bond acceptors (Lipinski definition) is 4. The molecular weight excluding hydrogens is 703 g/mol. The highest BCUT2D eigenvalue weighted by Gasteiger charge is 2.20. The lowest BCUT2D eigenvalue weighted by Crippen LogP contribution is -2.45. The third kappa shape index (κ3) is 43.7. The van der Waals surface area contributed by atoms with Gasteiger partial charge >= 0.3 is 0 Å². The number of allylic oxidation sites excluding steroid dienone is 7. The topological polar surface area (TPSA) is 89.8 Å². The van der Waals surface area contributed by atoms with Crippen LogP contribution in [0.2, 0.25) is 0 Å². The molecule has 334 valence electrons. The van der Waals surface area contributed by atoms with Crippen molar-refractivity contribution in [3.8, 4) is 0 Å². The average molecular weight is 800 g/mol. The molecule has 4 N–H and O–H groups in total. The van der Waals surface area contributed by atoms with Crippen molar-refractivity contribution in [1.29, 1.82) is 0 Å². The van der Waals surface area contributed by atoms with Gasteiger partial charge in [0.05, 0.1) is 31.3 Å². The molecule has 0 rings (SSSR count). The van der Waals surface area contributed by atoms with E-state index in [1.807, 2.05) is 6.08 Å². The lowest BCUT2D eigenvalue weighted by molar-refractivity contribution is -0.124. The molecule has 0 aliphatic rings. The van der Waals surface area contributed by atoms with Crippen LogP contribution in [0.4, 0.5) is 0 Å². The van der Waals surface area contributed by atoms with Gasteiger partial charge in [-0.2, -0.15) is 0 Å². The van der Waals surface area contributed by atoms with E-state index in [9.17, 15) is 20.1 Å². The van der Waals surface area contributed by atoms with Gasteiger partial charge in [-0.3, -0.25) is 4.79 Å². The Morgan fingerprint density at radius 2 is 0.754 bits per heavy atom. The van der Waals surface area contributed by atoms with Crippen LogP contribution in [-0.2, 0) is 4.79 Å². The van der Waals surface area contributed by atoms with Gasteiger partial charge in [0, 0.05) is 0 Å². The summed E-state index contributed by atoms with van der Waals surface area (Å²) in [5.74, 6) is -0.332. The second-order valence-corrected chi connectivity index (χ2v) is 17.0. The number of carbonyl (C=O) groups excluding carboxylic acids is 1. The molecule has 0 aromatic rings. The molecule has 5 nitrogen and oxygen atoms in total. The van der Waals surface area contributed by atoms with Crippen LogP contribution < -0.4 is 5.32 Å². The van der Waals surface area contributed by atoms with Gasteiger partial charge in [0.1, 0.15) is 0 Å². The first-order valence-corrected chi connectivity index (χ1v) is 24.9. The average Bonchev–Trinajstić information content (AvgIpc) is 3.20. The van der Waals surface area contributed by atoms with E-state index in [1.165, 1.54) is 186 Å². The normalized spacial score (nSPS) is 13.8. The van der Waals surface area contributed by atoms with Crippen LogP contribution in [0.3, 0.4) is 0 Å². The molecule has 0 bridgehead atoms. The molecule has 3 atom stereocenters. The van der Waals surface area contributed by atoms with Crippen molar-refractivity contribution in [2.24, 2.45) is 0 Å². The molecule has 0 saturated heterocycles. The highest BCUT2D eigenvalue weighted by atomic mass is 16.3. The largest absolute Gasteiger partial charge is 0.394 e. The Bertz CT molecular complexity index is 927. The van der Waals surface area contributed by atoms with Crippen molar-refractivity contribution in [1.82, 2.24) is 5.32 Å². The van der Waals surface area contributed by atoms with Gasteiger partial charge in [-0.1, -0.05) is 223 Å². The van der Waals surface area contributed by atoms with Crippen LogP contribution in [0.15, 0.2) is 48.6 Å². The molecule has 0 saturated carbocycles. The maximum Gasteiger partial charge on any atom is 0.222 e. The number of hydrogen-bond donors (Lipinski definition) is 4. The number of aliphatic hydroxyl groups is 3. The van der Waals surface area contributed by atoms with Crippen LogP contribution in [0.25, 0.3) is 0 Å². The summed E-state index contributed by atoms with van der Waals surface area (Å²) in [4.78, 5) is 12.5. The minimum absolute atomic E-state index is 0.00217. The van der Waals surface area contributed by atoms with Crippen LogP contribution in [-0.4, -0.2) is 46.1 Å². The first kappa shape index (κ1) is 55.3. The Morgan fingerprint density at radius 3 is 1.12 bits per heavy atom. The molecule has 0 aliphatic heterocycles. The van der Waals surface area contributed by atoms with Crippen molar-refractivity contribution >= 4 is 5.91 Å². The number of nitrogens with one attached hydrogen (secondary N) is 1. The predicted octanol–water partition coefficient (Wildman–Crippen LogP) is 14.9. The lowest BCUT2D eigenvalue weighted by Gasteiger charge is -2.21. The van der Waals surface area contributed by atoms with E-state index in [-0.39, 0.29) is 18.9 Å². The zero-order chi connectivity index (χ0) is 41.5. The maximum absolute atomic E-state index is 12.5. The van der Waals surface area contributed by atoms with E-state index in [1.54, 1.807) is 6.08 Å². The summed E-state index contributed by atoms with van der Waals surface area (Å²) in [6.07, 6.45) is 61.3. The summed E-state index contributed by atoms with van der Waals surface area (Å²) in [7, 11) is 0. The lowest BCUT2D eigenvalue weighted by atomic mass is 10.0. The van der Waals surface area contributed by atoms with E-state index in [4.69, 9.17) is 0 Å². The number of unbranched alkanes of at least 4 members (excludes halogenated alkanes) is 30. The number of amides is 1. The van der Waals surface area contributed by atoms with Crippen LogP contribution in [0.5, 0.6) is 0 Å². The standard InChI is InChI=1S/C52H97NO4/c1-3-5-7-9-11-13-15-17-19-21-23-25-26-27-29-31-33-35-37-39-41-43-45-49(55)47-52(57)53-50(48-54)51(56)46-44-42-40-38-36-34-32-30-28-24-22-20-18-16-14-12-10-8-6-4-2/h27-30,36,38,44,46,49-51,54-56H,3-26,31-35,37,39-43,45,47-48H2,1-2H3,(H,53,57)/b29-27-,30-28+,38-36+,46-44+. The Morgan fingerprint density at radius 1 is 0.439 bits per heavy atom. The van der Waals surface area contributed by atoms with Crippen LogP contribution in [0.1, 0.15) is 251 Å². The first-order valence-electron chi connectivity index (χ1n) is 24.9. The first-order chi connectivity index (χ1) is 28.0. The third-order valence-electron chi connectivity index (χ3n) is 11.3. The Hall–Kier alpha value is -1.69. The van der Waals surface area contributed by atoms with Crippen molar-refractivity contribution in [3.05, 3.63) is 48.6 Å². The minimum Gasteiger partial charge on any atom is -0.394 e. The smallest absolute Gasteiger partial charge is 0.222 e. The summed E-state index contributed by atoms with van der Waals surface area (Å²) in [6, 6.07) is -0.771. The molecule has 0 spiro atoms. The molecule has 0 aromatic carbocycles. The molecule has 3 unspecified atom stereocenters. The molecule has 0 aliphatic carbocycles. The summed E-state index contributed by atoms with van der Waals surface area (Å²) in [6.45, 7) is 4.21. The van der Waals surface area contributed by atoms with Crippen LogP contribution in [0, 0.1) is 0 Å². The fourth-order valence-electron chi connectivity index (χ4n) is 7.48. The highest BCUT2D eigenvalue weighted by Crippen LogP contribution is 2.15. The Labute approximate surface area is 355 Å². The maximum atomic E-state index is 12.5. The number of carbonyl (C=O) groups is 1. The fourth-order valence-corrected chi connectivity index (χ4v) is 7.48. The molecule has 1 amide bonds. The Kier molecular flexibility index (Phi) is 45.6. The van der Waals surface area contributed by atoms with E-state index < -0.39 is 18.2 Å². The monoisotopic (exact) mass is 800 g/mol. The number of aliphatic hydroxyl groups excluding tert-OH is 3. The van der Waals surface area contributed by atoms with E-state index in [0.717, 1.165) is 38.5 Å². The van der Waals surface area contributed by atoms with Gasteiger partial charge in [-0.15, -0.1) is 0 Å². The molecule has 57 heavy (non-hydrogen) atoms. The van der Waals surface area contributed by atoms with Gasteiger partial charge in [-0.25, -0.2) is 0 Å². The van der Waals surface area contributed by atoms with Crippen molar-refractivity contribution in [2.45, 2.75) is 270 Å². The molecule has 5 heteroatoms. The molecule has 0 radical (unpaired) electrons. The molecule has 0 fully saturated rings. The zero-order valence-electron chi connectivity index (χ0n) is 38.0. The summed E-state index contributed by atoms with van der Waals surface area (Å²) in [5, 5.41) is 33.3. The number of rotatable bonds is 45. The van der Waals surface area contributed by atoms with E-state index >= 15 is 0 Å².